The minimum Gasteiger partial charge on any atom is -0.373 e. The van der Waals surface area contributed by atoms with E-state index in [1.807, 2.05) is 0 Å². The van der Waals surface area contributed by atoms with E-state index in [9.17, 15) is 0 Å². The minimum absolute atomic E-state index is 0.322. The molecule has 4 unspecified atom stereocenters. The van der Waals surface area contributed by atoms with Crippen LogP contribution < -0.4 is 10.6 Å². The molecule has 0 bridgehead atoms. The Bertz CT molecular complexity index is 1010. The fourth-order valence-corrected chi connectivity index (χ4v) is 5.31. The van der Waals surface area contributed by atoms with Crippen LogP contribution in [0.5, 0.6) is 0 Å². The second-order valence-electron chi connectivity index (χ2n) is 9.80. The van der Waals surface area contributed by atoms with Gasteiger partial charge in [-0.05, 0) is 33.4 Å². The van der Waals surface area contributed by atoms with Crippen molar-refractivity contribution in [2.24, 2.45) is 0 Å². The lowest BCUT2D eigenvalue weighted by Crippen LogP contribution is -2.69. The average molecular weight is 435 g/mol. The maximum absolute atomic E-state index is 5.73. The lowest BCUT2D eigenvalue weighted by molar-refractivity contribution is 0.197. The largest absolute Gasteiger partial charge is 0.373 e. The van der Waals surface area contributed by atoms with E-state index in [-0.39, 0.29) is 5.66 Å². The van der Waals surface area contributed by atoms with Gasteiger partial charge in [0.25, 0.3) is 0 Å². The van der Waals surface area contributed by atoms with Crippen molar-refractivity contribution in [1.29, 1.82) is 0 Å². The average Bonchev–Trinajstić information content (AvgIpc) is 3.60. The highest BCUT2D eigenvalue weighted by Gasteiger charge is 2.44. The van der Waals surface area contributed by atoms with Crippen molar-refractivity contribution in [3.63, 3.8) is 0 Å². The van der Waals surface area contributed by atoms with Crippen LogP contribution in [0.15, 0.2) is 36.4 Å². The van der Waals surface area contributed by atoms with Gasteiger partial charge >= 0.3 is 0 Å². The zero-order valence-electron chi connectivity index (χ0n) is 18.3. The summed E-state index contributed by atoms with van der Waals surface area (Å²) in [6.07, 6.45) is 5.24. The third-order valence-corrected chi connectivity index (χ3v) is 7.43. The summed E-state index contributed by atoms with van der Waals surface area (Å²) in [6, 6.07) is 13.2. The lowest BCUT2D eigenvalue weighted by atomic mass is 9.77. The van der Waals surface area contributed by atoms with E-state index in [0.29, 0.717) is 24.4 Å². The summed E-state index contributed by atoms with van der Waals surface area (Å²) in [5.74, 6) is 0. The fourth-order valence-electron chi connectivity index (χ4n) is 5.31. The zero-order chi connectivity index (χ0) is 21.1. The highest BCUT2D eigenvalue weighted by Crippen LogP contribution is 2.41. The van der Waals surface area contributed by atoms with E-state index < -0.39 is 0 Å². The molecule has 168 valence electrons. The Kier molecular flexibility index (Phi) is 4.68. The summed E-state index contributed by atoms with van der Waals surface area (Å²) in [5, 5.41) is 7.50. The van der Waals surface area contributed by atoms with Gasteiger partial charge < -0.3 is 18.9 Å². The Morgan fingerprint density at radius 2 is 1.22 bits per heavy atom. The monoisotopic (exact) mass is 434 g/mol. The molecule has 5 fully saturated rings. The third kappa shape index (κ3) is 3.79. The molecule has 2 aromatic rings. The topological polar surface area (TPSA) is 74.2 Å². The van der Waals surface area contributed by atoms with Crippen molar-refractivity contribution >= 4 is 0 Å². The molecule has 4 atom stereocenters. The molecule has 5 saturated heterocycles. The Balaban J connectivity index is 1.42. The van der Waals surface area contributed by atoms with Crippen molar-refractivity contribution in [2.75, 3.05) is 33.1 Å². The molecule has 0 spiro atoms. The molecule has 0 saturated carbocycles. The number of benzene rings is 2. The molecule has 2 aromatic carbocycles. The minimum atomic E-state index is -0.363. The number of ether oxygens (including phenoxy) is 4. The number of nitrogens with one attached hydrogen (secondary N) is 2. The van der Waals surface area contributed by atoms with Gasteiger partial charge in [0, 0.05) is 32.4 Å². The van der Waals surface area contributed by atoms with Gasteiger partial charge in [-0.15, -0.1) is 0 Å². The van der Waals surface area contributed by atoms with E-state index in [2.05, 4.69) is 47.0 Å². The second-order valence-corrected chi connectivity index (χ2v) is 9.80. The molecule has 5 heterocycles. The predicted octanol–water partition coefficient (Wildman–Crippen LogP) is 1.80. The summed E-state index contributed by atoms with van der Waals surface area (Å²) >= 11 is 0. The summed E-state index contributed by atoms with van der Waals surface area (Å²) in [4.78, 5) is 0. The van der Waals surface area contributed by atoms with E-state index in [1.54, 1.807) is 0 Å². The smallest absolute Gasteiger partial charge is 0.124 e. The third-order valence-electron chi connectivity index (χ3n) is 7.43. The Labute approximate surface area is 188 Å². The fraction of sp³-hybridized carbons (Fsp3) is 0.538. The first-order valence-electron chi connectivity index (χ1n) is 12.0. The van der Waals surface area contributed by atoms with Gasteiger partial charge in [-0.1, -0.05) is 36.4 Å². The first kappa shape index (κ1) is 19.6. The molecule has 0 radical (unpaired) electrons. The molecule has 0 aliphatic carbocycles. The van der Waals surface area contributed by atoms with Gasteiger partial charge in [0.05, 0.1) is 50.8 Å². The first-order valence-corrected chi connectivity index (χ1v) is 12.0. The Morgan fingerprint density at radius 3 is 1.75 bits per heavy atom. The SMILES string of the molecule is c1ccc(C2(c3cc(CC4CO4)c(CC4CO4)c(CC4CO4)c3CC3CO3)NCN2)cc1. The molecule has 5 aliphatic rings. The Hall–Kier alpha value is -1.80. The van der Waals surface area contributed by atoms with Gasteiger partial charge in [-0.3, -0.25) is 10.6 Å². The Morgan fingerprint density at radius 1 is 0.688 bits per heavy atom. The summed E-state index contributed by atoms with van der Waals surface area (Å²) in [7, 11) is 0. The summed E-state index contributed by atoms with van der Waals surface area (Å²) in [5.41, 5.74) is 8.03. The molecule has 7 rings (SSSR count). The van der Waals surface area contributed by atoms with Crippen LogP contribution in [0.25, 0.3) is 0 Å². The van der Waals surface area contributed by atoms with Crippen molar-refractivity contribution in [1.82, 2.24) is 10.6 Å². The van der Waals surface area contributed by atoms with Crippen molar-refractivity contribution in [3.8, 4) is 0 Å². The zero-order valence-corrected chi connectivity index (χ0v) is 18.3. The molecular formula is C26H30N2O4. The number of epoxide rings is 4. The highest BCUT2D eigenvalue weighted by atomic mass is 16.6. The van der Waals surface area contributed by atoms with Crippen LogP contribution in [0.3, 0.4) is 0 Å². The second kappa shape index (κ2) is 7.62. The standard InChI is InChI=1S/C26H30N2O4/c1-2-4-17(5-3-1)26(27-15-28-26)25-7-16(6-18-11-29-18)22(8-19-12-30-19)23(9-20-13-31-20)24(25)10-21-14-32-21/h1-5,7,18-21,27-28H,6,8-15H2. The molecule has 0 amide bonds. The molecule has 5 aliphatic heterocycles. The van der Waals surface area contributed by atoms with Crippen LogP contribution in [0.4, 0.5) is 0 Å². The van der Waals surface area contributed by atoms with Crippen molar-refractivity contribution in [2.45, 2.75) is 55.8 Å². The number of hydrogen-bond acceptors (Lipinski definition) is 6. The van der Waals surface area contributed by atoms with Crippen LogP contribution in [-0.2, 0) is 50.3 Å². The van der Waals surface area contributed by atoms with Gasteiger partial charge in [-0.25, -0.2) is 0 Å². The molecule has 2 N–H and O–H groups in total. The molecule has 32 heavy (non-hydrogen) atoms. The van der Waals surface area contributed by atoms with Crippen molar-refractivity contribution in [3.05, 3.63) is 69.8 Å². The molecular weight excluding hydrogens is 404 g/mol. The van der Waals surface area contributed by atoms with Crippen LogP contribution in [0, 0.1) is 0 Å². The van der Waals surface area contributed by atoms with E-state index in [1.165, 1.54) is 33.4 Å². The predicted molar refractivity (Wildman–Crippen MR) is 119 cm³/mol. The first-order chi connectivity index (χ1) is 15.8. The van der Waals surface area contributed by atoms with Crippen LogP contribution in [-0.4, -0.2) is 57.5 Å². The van der Waals surface area contributed by atoms with Gasteiger partial charge in [0.1, 0.15) is 5.66 Å². The van der Waals surface area contributed by atoms with Crippen LogP contribution in [0.2, 0.25) is 0 Å². The highest BCUT2D eigenvalue weighted by molar-refractivity contribution is 5.54. The molecule has 0 aromatic heterocycles. The maximum Gasteiger partial charge on any atom is 0.124 e. The normalized spacial score (nSPS) is 31.1. The van der Waals surface area contributed by atoms with E-state index in [0.717, 1.165) is 58.8 Å². The summed E-state index contributed by atoms with van der Waals surface area (Å²) in [6.45, 7) is 4.27. The van der Waals surface area contributed by atoms with Gasteiger partial charge in [0.2, 0.25) is 0 Å². The quantitative estimate of drug-likeness (QED) is 0.556. The maximum atomic E-state index is 5.73. The number of rotatable bonds is 10. The van der Waals surface area contributed by atoms with Gasteiger partial charge in [-0.2, -0.15) is 0 Å². The molecule has 6 heteroatoms. The molecule has 6 nitrogen and oxygen atoms in total. The van der Waals surface area contributed by atoms with E-state index in [4.69, 9.17) is 18.9 Å². The van der Waals surface area contributed by atoms with Gasteiger partial charge in [0.15, 0.2) is 0 Å². The van der Waals surface area contributed by atoms with Crippen molar-refractivity contribution < 1.29 is 18.9 Å². The van der Waals surface area contributed by atoms with Crippen LogP contribution >= 0.6 is 0 Å². The summed E-state index contributed by atoms with van der Waals surface area (Å²) < 4.78 is 22.8. The van der Waals surface area contributed by atoms with Crippen LogP contribution in [0.1, 0.15) is 33.4 Å². The lowest BCUT2D eigenvalue weighted by Gasteiger charge is -2.47. The number of hydrogen-bond donors (Lipinski definition) is 2. The van der Waals surface area contributed by atoms with E-state index >= 15 is 0 Å².